The third-order valence-corrected chi connectivity index (χ3v) is 5.40. The predicted molar refractivity (Wildman–Crippen MR) is 90.4 cm³/mol. The van der Waals surface area contributed by atoms with Crippen molar-refractivity contribution in [1.82, 2.24) is 4.98 Å². The van der Waals surface area contributed by atoms with Gasteiger partial charge in [0.25, 0.3) is 0 Å². The Hall–Kier alpha value is -1.58. The number of halogens is 1. The SMILES string of the molecule is Clc1cc2c(s1)CCCC2Nc1cccc2ncccc12. The van der Waals surface area contributed by atoms with Gasteiger partial charge < -0.3 is 5.32 Å². The molecule has 1 N–H and O–H groups in total. The first kappa shape index (κ1) is 13.1. The van der Waals surface area contributed by atoms with Crippen molar-refractivity contribution in [3.05, 3.63) is 57.4 Å². The van der Waals surface area contributed by atoms with Crippen LogP contribution in [0.25, 0.3) is 10.9 Å². The van der Waals surface area contributed by atoms with Crippen molar-refractivity contribution in [1.29, 1.82) is 0 Å². The summed E-state index contributed by atoms with van der Waals surface area (Å²) in [7, 11) is 0. The standard InChI is InChI=1S/C17H15ClN2S/c18-17-10-12-15(7-2-8-16(12)21-17)20-14-6-1-5-13-11(14)4-3-9-19-13/h1,3-6,9-10,15,20H,2,7-8H2. The van der Waals surface area contributed by atoms with Crippen LogP contribution in [-0.4, -0.2) is 4.98 Å². The molecule has 0 aliphatic heterocycles. The topological polar surface area (TPSA) is 24.9 Å². The summed E-state index contributed by atoms with van der Waals surface area (Å²) in [6, 6.07) is 12.8. The highest BCUT2D eigenvalue weighted by Crippen LogP contribution is 2.40. The van der Waals surface area contributed by atoms with E-state index in [9.17, 15) is 0 Å². The third kappa shape index (κ3) is 2.41. The fraction of sp³-hybridized carbons (Fsp3) is 0.235. The maximum atomic E-state index is 6.19. The molecule has 106 valence electrons. The van der Waals surface area contributed by atoms with Crippen LogP contribution in [0.3, 0.4) is 0 Å². The summed E-state index contributed by atoms with van der Waals surface area (Å²) in [6.45, 7) is 0. The van der Waals surface area contributed by atoms with E-state index in [2.05, 4.69) is 34.6 Å². The molecule has 0 saturated carbocycles. The lowest BCUT2D eigenvalue weighted by Crippen LogP contribution is -2.15. The van der Waals surface area contributed by atoms with Crippen LogP contribution in [0.2, 0.25) is 4.34 Å². The second-order valence-electron chi connectivity index (χ2n) is 5.39. The summed E-state index contributed by atoms with van der Waals surface area (Å²) < 4.78 is 0.897. The lowest BCUT2D eigenvalue weighted by molar-refractivity contribution is 0.609. The van der Waals surface area contributed by atoms with E-state index in [1.807, 2.05) is 18.3 Å². The Labute approximate surface area is 132 Å². The molecule has 1 aliphatic rings. The fourth-order valence-corrected chi connectivity index (χ4v) is 4.47. The van der Waals surface area contributed by atoms with Gasteiger partial charge in [-0.25, -0.2) is 0 Å². The Morgan fingerprint density at radius 2 is 2.19 bits per heavy atom. The third-order valence-electron chi connectivity index (χ3n) is 4.06. The zero-order valence-corrected chi connectivity index (χ0v) is 13.0. The van der Waals surface area contributed by atoms with E-state index in [-0.39, 0.29) is 0 Å². The van der Waals surface area contributed by atoms with Crippen LogP contribution >= 0.6 is 22.9 Å². The van der Waals surface area contributed by atoms with Gasteiger partial charge in [0.05, 0.1) is 15.9 Å². The molecular weight excluding hydrogens is 300 g/mol. The molecule has 2 aromatic heterocycles. The Kier molecular flexibility index (Phi) is 3.32. The maximum absolute atomic E-state index is 6.19. The largest absolute Gasteiger partial charge is 0.378 e. The summed E-state index contributed by atoms with van der Waals surface area (Å²) in [5.74, 6) is 0. The zero-order valence-electron chi connectivity index (χ0n) is 11.5. The molecule has 1 unspecified atom stereocenters. The number of aryl methyl sites for hydroxylation is 1. The average Bonchev–Trinajstić information content (AvgIpc) is 2.89. The van der Waals surface area contributed by atoms with Gasteiger partial charge >= 0.3 is 0 Å². The monoisotopic (exact) mass is 314 g/mol. The molecule has 0 bridgehead atoms. The first-order valence-electron chi connectivity index (χ1n) is 7.19. The van der Waals surface area contributed by atoms with Crippen LogP contribution in [0.5, 0.6) is 0 Å². The highest BCUT2D eigenvalue weighted by molar-refractivity contribution is 7.16. The van der Waals surface area contributed by atoms with E-state index in [4.69, 9.17) is 11.6 Å². The van der Waals surface area contributed by atoms with Crippen LogP contribution in [0.1, 0.15) is 29.3 Å². The minimum atomic E-state index is 0.350. The van der Waals surface area contributed by atoms with Crippen molar-refractivity contribution >= 4 is 39.5 Å². The number of aromatic nitrogens is 1. The molecule has 0 fully saturated rings. The van der Waals surface area contributed by atoms with Crippen molar-refractivity contribution in [2.75, 3.05) is 5.32 Å². The molecule has 0 radical (unpaired) electrons. The van der Waals surface area contributed by atoms with Crippen LogP contribution < -0.4 is 5.32 Å². The van der Waals surface area contributed by atoms with Crippen molar-refractivity contribution < 1.29 is 0 Å². The molecule has 0 amide bonds. The van der Waals surface area contributed by atoms with Crippen molar-refractivity contribution in [3.63, 3.8) is 0 Å². The predicted octanol–water partition coefficient (Wildman–Crippen LogP) is 5.44. The molecule has 0 saturated heterocycles. The number of nitrogens with zero attached hydrogens (tertiary/aromatic N) is 1. The summed E-state index contributed by atoms with van der Waals surface area (Å²) in [5, 5.41) is 4.88. The summed E-state index contributed by atoms with van der Waals surface area (Å²) >= 11 is 7.92. The molecule has 0 spiro atoms. The molecule has 1 aromatic carbocycles. The summed E-state index contributed by atoms with van der Waals surface area (Å²) in [6.07, 6.45) is 5.35. The number of fused-ring (bicyclic) bond motifs is 2. The van der Waals surface area contributed by atoms with Crippen LogP contribution in [0.15, 0.2) is 42.6 Å². The van der Waals surface area contributed by atoms with Crippen LogP contribution in [0, 0.1) is 0 Å². The number of benzene rings is 1. The molecule has 1 atom stereocenters. The second-order valence-corrected chi connectivity index (χ2v) is 7.16. The van der Waals surface area contributed by atoms with E-state index in [0.717, 1.165) is 28.4 Å². The highest BCUT2D eigenvalue weighted by atomic mass is 35.5. The summed E-state index contributed by atoms with van der Waals surface area (Å²) in [4.78, 5) is 5.86. The minimum absolute atomic E-state index is 0.350. The number of anilines is 1. The van der Waals surface area contributed by atoms with E-state index >= 15 is 0 Å². The van der Waals surface area contributed by atoms with E-state index in [0.29, 0.717) is 6.04 Å². The second kappa shape index (κ2) is 5.32. The number of pyridine rings is 1. The molecule has 3 aromatic rings. The van der Waals surface area contributed by atoms with Gasteiger partial charge in [-0.1, -0.05) is 17.7 Å². The Morgan fingerprint density at radius 1 is 1.24 bits per heavy atom. The molecule has 21 heavy (non-hydrogen) atoms. The minimum Gasteiger partial charge on any atom is -0.378 e. The van der Waals surface area contributed by atoms with Crippen molar-refractivity contribution in [3.8, 4) is 0 Å². The Morgan fingerprint density at radius 3 is 3.14 bits per heavy atom. The van der Waals surface area contributed by atoms with Crippen LogP contribution in [0.4, 0.5) is 5.69 Å². The van der Waals surface area contributed by atoms with Crippen LogP contribution in [-0.2, 0) is 6.42 Å². The quantitative estimate of drug-likeness (QED) is 0.681. The molecule has 4 heteroatoms. The Balaban J connectivity index is 1.73. The van der Waals surface area contributed by atoms with Gasteiger partial charge in [0.1, 0.15) is 0 Å². The fourth-order valence-electron chi connectivity index (χ4n) is 3.09. The van der Waals surface area contributed by atoms with Gasteiger partial charge in [0.15, 0.2) is 0 Å². The van der Waals surface area contributed by atoms with E-state index in [1.165, 1.54) is 22.2 Å². The first-order chi connectivity index (χ1) is 10.3. The van der Waals surface area contributed by atoms with Gasteiger partial charge in [0.2, 0.25) is 0 Å². The smallest absolute Gasteiger partial charge is 0.0934 e. The Bertz CT molecular complexity index is 791. The summed E-state index contributed by atoms with van der Waals surface area (Å²) in [5.41, 5.74) is 3.56. The van der Waals surface area contributed by atoms with E-state index in [1.54, 1.807) is 11.3 Å². The average molecular weight is 315 g/mol. The van der Waals surface area contributed by atoms with Gasteiger partial charge in [-0.2, -0.15) is 0 Å². The zero-order chi connectivity index (χ0) is 14.2. The lowest BCUT2D eigenvalue weighted by atomic mass is 9.93. The van der Waals surface area contributed by atoms with Crippen molar-refractivity contribution in [2.45, 2.75) is 25.3 Å². The number of hydrogen-bond acceptors (Lipinski definition) is 3. The van der Waals surface area contributed by atoms with Gasteiger partial charge in [-0.05, 0) is 55.2 Å². The van der Waals surface area contributed by atoms with Gasteiger partial charge in [-0.15, -0.1) is 11.3 Å². The van der Waals surface area contributed by atoms with Gasteiger partial charge in [-0.3, -0.25) is 4.98 Å². The normalized spacial score (nSPS) is 17.7. The number of nitrogens with one attached hydrogen (secondary N) is 1. The number of rotatable bonds is 2. The molecule has 2 nitrogen and oxygen atoms in total. The molecule has 1 aliphatic carbocycles. The molecule has 4 rings (SSSR count). The highest BCUT2D eigenvalue weighted by Gasteiger charge is 2.23. The molecular formula is C17H15ClN2S. The maximum Gasteiger partial charge on any atom is 0.0934 e. The number of thiophene rings is 1. The first-order valence-corrected chi connectivity index (χ1v) is 8.39. The van der Waals surface area contributed by atoms with E-state index < -0.39 is 0 Å². The number of hydrogen-bond donors (Lipinski definition) is 1. The lowest BCUT2D eigenvalue weighted by Gasteiger charge is -2.25. The molecule has 2 heterocycles. The van der Waals surface area contributed by atoms with Crippen molar-refractivity contribution in [2.24, 2.45) is 0 Å². The van der Waals surface area contributed by atoms with Gasteiger partial charge in [0, 0.05) is 22.1 Å².